The highest BCUT2D eigenvalue weighted by Gasteiger charge is 2.61. The van der Waals surface area contributed by atoms with E-state index in [-0.39, 0.29) is 17.6 Å². The molecule has 0 aromatic heterocycles. The minimum absolute atomic E-state index is 0.189. The van der Waals surface area contributed by atoms with E-state index in [9.17, 15) is 4.79 Å². The summed E-state index contributed by atoms with van der Waals surface area (Å²) < 4.78 is 10.9. The molecule has 156 valence electrons. The van der Waals surface area contributed by atoms with E-state index in [4.69, 9.17) is 9.47 Å². The van der Waals surface area contributed by atoms with Crippen molar-refractivity contribution in [2.24, 2.45) is 17.3 Å². The van der Waals surface area contributed by atoms with Gasteiger partial charge in [0, 0.05) is 13.6 Å². The third kappa shape index (κ3) is 2.76. The number of carbonyl (C=O) groups is 1. The molecule has 30 heavy (non-hydrogen) atoms. The van der Waals surface area contributed by atoms with E-state index in [2.05, 4.69) is 30.3 Å². The fourth-order valence-electron chi connectivity index (χ4n) is 7.43. The molecule has 2 unspecified atom stereocenters. The lowest BCUT2D eigenvalue weighted by molar-refractivity contribution is -0.159. The van der Waals surface area contributed by atoms with Crippen molar-refractivity contribution < 1.29 is 14.3 Å². The van der Waals surface area contributed by atoms with Gasteiger partial charge < -0.3 is 14.4 Å². The molecule has 2 aromatic rings. The van der Waals surface area contributed by atoms with Gasteiger partial charge >= 0.3 is 0 Å². The van der Waals surface area contributed by atoms with E-state index in [0.29, 0.717) is 24.3 Å². The smallest absolute Gasteiger partial charge is 0.231 e. The molecule has 4 heteroatoms. The molecule has 1 aliphatic heterocycles. The maximum Gasteiger partial charge on any atom is 0.231 e. The summed E-state index contributed by atoms with van der Waals surface area (Å²) in [5, 5.41) is 0. The first kappa shape index (κ1) is 18.3. The van der Waals surface area contributed by atoms with Gasteiger partial charge in [0.1, 0.15) is 0 Å². The molecule has 0 N–H and O–H groups in total. The highest BCUT2D eigenvalue weighted by molar-refractivity contribution is 5.83. The van der Waals surface area contributed by atoms with E-state index in [1.165, 1.54) is 24.8 Å². The van der Waals surface area contributed by atoms with Gasteiger partial charge in [-0.15, -0.1) is 0 Å². The predicted molar refractivity (Wildman–Crippen MR) is 114 cm³/mol. The van der Waals surface area contributed by atoms with Crippen molar-refractivity contribution in [2.45, 2.75) is 50.5 Å². The molecular formula is C26H29NO3. The molecule has 4 fully saturated rings. The topological polar surface area (TPSA) is 38.8 Å². The second kappa shape index (κ2) is 6.50. The molecule has 0 spiro atoms. The average Bonchev–Trinajstić information content (AvgIpc) is 3.21. The Morgan fingerprint density at radius 2 is 1.73 bits per heavy atom. The van der Waals surface area contributed by atoms with Crippen LogP contribution in [0, 0.1) is 17.3 Å². The minimum atomic E-state index is -0.189. The molecule has 0 radical (unpaired) electrons. The predicted octanol–water partition coefficient (Wildman–Crippen LogP) is 4.91. The van der Waals surface area contributed by atoms with E-state index in [1.807, 2.05) is 30.1 Å². The number of hydrogen-bond acceptors (Lipinski definition) is 3. The molecule has 2 atom stereocenters. The number of nitrogens with zero attached hydrogens (tertiary/aromatic N) is 1. The summed E-state index contributed by atoms with van der Waals surface area (Å²) in [6, 6.07) is 17.0. The minimum Gasteiger partial charge on any atom is -0.454 e. The molecule has 2 aromatic carbocycles. The fraction of sp³-hybridized carbons (Fsp3) is 0.500. The van der Waals surface area contributed by atoms with Gasteiger partial charge in [0.25, 0.3) is 0 Å². The van der Waals surface area contributed by atoms with E-state index in [0.717, 1.165) is 36.3 Å². The van der Waals surface area contributed by atoms with Crippen LogP contribution in [0.2, 0.25) is 0 Å². The zero-order valence-corrected chi connectivity index (χ0v) is 17.6. The molecule has 0 saturated heterocycles. The van der Waals surface area contributed by atoms with Crippen molar-refractivity contribution in [3.63, 3.8) is 0 Å². The summed E-state index contributed by atoms with van der Waals surface area (Å²) in [6.07, 6.45) is 6.99. The van der Waals surface area contributed by atoms with Gasteiger partial charge in [-0.25, -0.2) is 0 Å². The number of ether oxygens (including phenoxy) is 2. The number of fused-ring (bicyclic) bond motifs is 1. The second-order valence-corrected chi connectivity index (χ2v) is 10.2. The quantitative estimate of drug-likeness (QED) is 0.728. The molecule has 4 nitrogen and oxygen atoms in total. The molecular weight excluding hydrogens is 374 g/mol. The Kier molecular flexibility index (Phi) is 3.96. The van der Waals surface area contributed by atoms with Gasteiger partial charge in [0.05, 0.1) is 5.41 Å². The SMILES string of the molecule is CN(Cc1ccc2c(c1)OCO2)C(=O)C12CC3CC(C1)CC(c1ccccc1)(C3)C2. The van der Waals surface area contributed by atoms with Crippen LogP contribution in [0.5, 0.6) is 11.5 Å². The maximum atomic E-state index is 13.9. The van der Waals surface area contributed by atoms with Crippen LogP contribution in [0.15, 0.2) is 48.5 Å². The molecule has 1 heterocycles. The normalized spacial score (nSPS) is 33.0. The molecule has 4 aliphatic carbocycles. The molecule has 4 saturated carbocycles. The van der Waals surface area contributed by atoms with Gasteiger partial charge in [0.2, 0.25) is 12.7 Å². The third-order valence-corrected chi connectivity index (χ3v) is 8.10. The van der Waals surface area contributed by atoms with Crippen LogP contribution in [0.3, 0.4) is 0 Å². The Labute approximate surface area is 178 Å². The van der Waals surface area contributed by atoms with Gasteiger partial charge in [-0.2, -0.15) is 0 Å². The van der Waals surface area contributed by atoms with Gasteiger partial charge in [0.15, 0.2) is 11.5 Å². The van der Waals surface area contributed by atoms with E-state index >= 15 is 0 Å². The van der Waals surface area contributed by atoms with Crippen molar-refractivity contribution in [3.05, 3.63) is 59.7 Å². The fourth-order valence-corrected chi connectivity index (χ4v) is 7.43. The zero-order valence-electron chi connectivity index (χ0n) is 17.6. The lowest BCUT2D eigenvalue weighted by Crippen LogP contribution is -2.59. The summed E-state index contributed by atoms with van der Waals surface area (Å²) in [6.45, 7) is 0.895. The summed E-state index contributed by atoms with van der Waals surface area (Å²) in [4.78, 5) is 15.8. The summed E-state index contributed by atoms with van der Waals surface area (Å²) in [5.74, 6) is 3.29. The molecule has 4 bridgehead atoms. The highest BCUT2D eigenvalue weighted by atomic mass is 16.7. The van der Waals surface area contributed by atoms with Crippen LogP contribution < -0.4 is 9.47 Å². The Morgan fingerprint density at radius 1 is 1.00 bits per heavy atom. The number of rotatable bonds is 4. The van der Waals surface area contributed by atoms with Crippen molar-refractivity contribution in [3.8, 4) is 11.5 Å². The largest absolute Gasteiger partial charge is 0.454 e. The number of hydrogen-bond donors (Lipinski definition) is 0. The van der Waals surface area contributed by atoms with Crippen LogP contribution in [-0.2, 0) is 16.8 Å². The van der Waals surface area contributed by atoms with Crippen LogP contribution in [-0.4, -0.2) is 24.6 Å². The number of amides is 1. The second-order valence-electron chi connectivity index (χ2n) is 10.2. The van der Waals surface area contributed by atoms with E-state index < -0.39 is 0 Å². The lowest BCUT2D eigenvalue weighted by Gasteiger charge is -2.62. The first-order valence-corrected chi connectivity index (χ1v) is 11.2. The standard InChI is InChI=1S/C26H29NO3/c1-27(15-18-7-8-22-23(10-18)30-17-29-22)24(28)26-13-19-9-20(14-26)12-25(11-19,16-26)21-5-3-2-4-6-21/h2-8,10,19-20H,9,11-17H2,1H3. The Bertz CT molecular complexity index is 971. The Morgan fingerprint density at radius 3 is 2.50 bits per heavy atom. The average molecular weight is 404 g/mol. The van der Waals surface area contributed by atoms with Crippen LogP contribution in [0.4, 0.5) is 0 Å². The molecule has 5 aliphatic rings. The Balaban J connectivity index is 1.27. The first-order chi connectivity index (χ1) is 14.6. The van der Waals surface area contributed by atoms with E-state index in [1.54, 1.807) is 0 Å². The first-order valence-electron chi connectivity index (χ1n) is 11.2. The number of benzene rings is 2. The van der Waals surface area contributed by atoms with Gasteiger partial charge in [-0.05, 0) is 79.0 Å². The maximum absolute atomic E-state index is 13.9. The molecule has 7 rings (SSSR count). The Hall–Kier alpha value is -2.49. The van der Waals surface area contributed by atoms with Crippen molar-refractivity contribution in [1.82, 2.24) is 4.90 Å². The van der Waals surface area contributed by atoms with Gasteiger partial charge in [-0.3, -0.25) is 4.79 Å². The van der Waals surface area contributed by atoms with Gasteiger partial charge in [-0.1, -0.05) is 36.4 Å². The van der Waals surface area contributed by atoms with Crippen LogP contribution in [0.1, 0.15) is 49.7 Å². The highest BCUT2D eigenvalue weighted by Crippen LogP contribution is 2.66. The van der Waals surface area contributed by atoms with Crippen LogP contribution in [0.25, 0.3) is 0 Å². The summed E-state index contributed by atoms with van der Waals surface area (Å²) in [5.41, 5.74) is 2.55. The van der Waals surface area contributed by atoms with Crippen LogP contribution >= 0.6 is 0 Å². The zero-order chi connectivity index (χ0) is 20.3. The lowest BCUT2D eigenvalue weighted by atomic mass is 9.42. The third-order valence-electron chi connectivity index (χ3n) is 8.10. The monoisotopic (exact) mass is 403 g/mol. The summed E-state index contributed by atoms with van der Waals surface area (Å²) in [7, 11) is 1.97. The van der Waals surface area contributed by atoms with Crippen molar-refractivity contribution in [2.75, 3.05) is 13.8 Å². The molecule has 1 amide bonds. The summed E-state index contributed by atoms with van der Waals surface area (Å²) >= 11 is 0. The van der Waals surface area contributed by atoms with Crippen molar-refractivity contribution in [1.29, 1.82) is 0 Å². The van der Waals surface area contributed by atoms with Crippen molar-refractivity contribution >= 4 is 5.91 Å². The number of carbonyl (C=O) groups excluding carboxylic acids is 1.